The molecule has 0 amide bonds. The van der Waals surface area contributed by atoms with Crippen LogP contribution < -0.4 is 5.32 Å². The van der Waals surface area contributed by atoms with E-state index in [-0.39, 0.29) is 0 Å². The molecule has 26 heavy (non-hydrogen) atoms. The van der Waals surface area contributed by atoms with E-state index in [0.29, 0.717) is 11.9 Å². The average Bonchev–Trinajstić information content (AvgIpc) is 3.19. The van der Waals surface area contributed by atoms with E-state index in [0.717, 1.165) is 37.4 Å². The second-order valence-electron chi connectivity index (χ2n) is 6.63. The van der Waals surface area contributed by atoms with Crippen molar-refractivity contribution >= 4 is 5.95 Å². The van der Waals surface area contributed by atoms with Crippen molar-refractivity contribution in [3.05, 3.63) is 72.7 Å². The van der Waals surface area contributed by atoms with Gasteiger partial charge in [0.15, 0.2) is 0 Å². The molecule has 3 aromatic rings. The predicted molar refractivity (Wildman–Crippen MR) is 104 cm³/mol. The third-order valence-electron chi connectivity index (χ3n) is 4.87. The Kier molecular flexibility index (Phi) is 5.17. The lowest BCUT2D eigenvalue weighted by Crippen LogP contribution is -2.27. The zero-order chi connectivity index (χ0) is 17.6. The fourth-order valence-corrected chi connectivity index (χ4v) is 3.48. The van der Waals surface area contributed by atoms with Gasteiger partial charge < -0.3 is 10.2 Å². The quantitative estimate of drug-likeness (QED) is 0.742. The number of hydrogen-bond donors (Lipinski definition) is 1. The van der Waals surface area contributed by atoms with Gasteiger partial charge in [0, 0.05) is 43.8 Å². The summed E-state index contributed by atoms with van der Waals surface area (Å²) in [5.41, 5.74) is 3.35. The lowest BCUT2D eigenvalue weighted by molar-refractivity contribution is 0.347. The number of nitrogens with zero attached hydrogens (tertiary/aromatic N) is 4. The van der Waals surface area contributed by atoms with Crippen LogP contribution in [0.25, 0.3) is 11.3 Å². The minimum Gasteiger partial charge on any atom is -0.353 e. The topological polar surface area (TPSA) is 53.9 Å². The summed E-state index contributed by atoms with van der Waals surface area (Å²) in [5, 5.41) is 3.35. The molecular weight excluding hydrogens is 322 g/mol. The van der Waals surface area contributed by atoms with E-state index in [2.05, 4.69) is 55.5 Å². The van der Waals surface area contributed by atoms with Crippen LogP contribution in [0.5, 0.6) is 0 Å². The van der Waals surface area contributed by atoms with Crippen molar-refractivity contribution in [2.24, 2.45) is 0 Å². The van der Waals surface area contributed by atoms with Gasteiger partial charge in [-0.25, -0.2) is 9.97 Å². The first-order chi connectivity index (χ1) is 12.9. The number of nitrogens with one attached hydrogen (secondary N) is 1. The maximum atomic E-state index is 4.59. The van der Waals surface area contributed by atoms with Crippen LogP contribution in [0.1, 0.15) is 17.9 Å². The molecule has 3 heterocycles. The summed E-state index contributed by atoms with van der Waals surface area (Å²) >= 11 is 0. The van der Waals surface area contributed by atoms with Crippen molar-refractivity contribution in [3.8, 4) is 11.3 Å². The first-order valence-electron chi connectivity index (χ1n) is 9.13. The predicted octanol–water partition coefficient (Wildman–Crippen LogP) is 3.44. The highest BCUT2D eigenvalue weighted by Crippen LogP contribution is 2.26. The molecule has 0 aliphatic carbocycles. The Bertz CT molecular complexity index is 822. The molecule has 132 valence electrons. The van der Waals surface area contributed by atoms with E-state index < -0.39 is 0 Å². The zero-order valence-corrected chi connectivity index (χ0v) is 14.8. The fourth-order valence-electron chi connectivity index (χ4n) is 3.48. The molecule has 2 aromatic heterocycles. The highest BCUT2D eigenvalue weighted by molar-refractivity contribution is 5.58. The Balaban J connectivity index is 1.29. The third kappa shape index (κ3) is 4.06. The lowest BCUT2D eigenvalue weighted by Gasteiger charge is -2.16. The number of anilines is 1. The normalized spacial score (nSPS) is 17.3. The summed E-state index contributed by atoms with van der Waals surface area (Å²) in [7, 11) is 0. The summed E-state index contributed by atoms with van der Waals surface area (Å²) < 4.78 is 0. The van der Waals surface area contributed by atoms with Crippen molar-refractivity contribution < 1.29 is 0 Å². The van der Waals surface area contributed by atoms with E-state index in [9.17, 15) is 0 Å². The second kappa shape index (κ2) is 8.06. The molecule has 1 aliphatic heterocycles. The second-order valence-corrected chi connectivity index (χ2v) is 6.63. The van der Waals surface area contributed by atoms with Crippen LogP contribution in [0, 0.1) is 0 Å². The van der Waals surface area contributed by atoms with Crippen molar-refractivity contribution in [3.63, 3.8) is 0 Å². The molecule has 5 nitrogen and oxygen atoms in total. The van der Waals surface area contributed by atoms with Gasteiger partial charge in [-0.1, -0.05) is 30.3 Å². The van der Waals surface area contributed by atoms with Gasteiger partial charge >= 0.3 is 0 Å². The molecule has 1 fully saturated rings. The van der Waals surface area contributed by atoms with Gasteiger partial charge in [-0.15, -0.1) is 0 Å². The zero-order valence-electron chi connectivity index (χ0n) is 14.8. The SMILES string of the molecule is c1ccc(C2CCN(CCNc3nccc(-c4cccnc4)n3)C2)cc1. The van der Waals surface area contributed by atoms with E-state index >= 15 is 0 Å². The molecule has 5 heteroatoms. The van der Waals surface area contributed by atoms with Gasteiger partial charge in [-0.2, -0.15) is 0 Å². The van der Waals surface area contributed by atoms with E-state index in [1.165, 1.54) is 12.0 Å². The van der Waals surface area contributed by atoms with Crippen molar-refractivity contribution in [2.45, 2.75) is 12.3 Å². The number of rotatable bonds is 6. The highest BCUT2D eigenvalue weighted by atomic mass is 15.2. The van der Waals surface area contributed by atoms with Crippen molar-refractivity contribution in [1.82, 2.24) is 19.9 Å². The molecule has 1 aliphatic rings. The number of likely N-dealkylation sites (tertiary alicyclic amines) is 1. The Morgan fingerprint density at radius 3 is 2.81 bits per heavy atom. The molecule has 1 atom stereocenters. The number of benzene rings is 1. The highest BCUT2D eigenvalue weighted by Gasteiger charge is 2.23. The van der Waals surface area contributed by atoms with E-state index in [4.69, 9.17) is 0 Å². The number of pyridine rings is 1. The van der Waals surface area contributed by atoms with Crippen LogP contribution in [0.4, 0.5) is 5.95 Å². The first-order valence-corrected chi connectivity index (χ1v) is 9.13. The van der Waals surface area contributed by atoms with Gasteiger partial charge in [-0.3, -0.25) is 4.98 Å². The maximum absolute atomic E-state index is 4.59. The van der Waals surface area contributed by atoms with E-state index in [1.54, 1.807) is 12.4 Å². The van der Waals surface area contributed by atoms with Crippen LogP contribution in [-0.4, -0.2) is 46.0 Å². The van der Waals surface area contributed by atoms with Crippen LogP contribution in [0.2, 0.25) is 0 Å². The molecule has 1 N–H and O–H groups in total. The molecule has 1 saturated heterocycles. The smallest absolute Gasteiger partial charge is 0.223 e. The fraction of sp³-hybridized carbons (Fsp3) is 0.286. The molecule has 0 spiro atoms. The van der Waals surface area contributed by atoms with Crippen LogP contribution in [0.3, 0.4) is 0 Å². The molecule has 1 aromatic carbocycles. The summed E-state index contributed by atoms with van der Waals surface area (Å²) in [5.74, 6) is 1.33. The van der Waals surface area contributed by atoms with Gasteiger partial charge in [0.05, 0.1) is 5.69 Å². The third-order valence-corrected chi connectivity index (χ3v) is 4.87. The summed E-state index contributed by atoms with van der Waals surface area (Å²) in [6.07, 6.45) is 6.61. The summed E-state index contributed by atoms with van der Waals surface area (Å²) in [6, 6.07) is 16.7. The average molecular weight is 345 g/mol. The molecule has 4 rings (SSSR count). The minimum atomic E-state index is 0.654. The maximum Gasteiger partial charge on any atom is 0.223 e. The minimum absolute atomic E-state index is 0.654. The van der Waals surface area contributed by atoms with Crippen molar-refractivity contribution in [2.75, 3.05) is 31.5 Å². The molecule has 1 unspecified atom stereocenters. The monoisotopic (exact) mass is 345 g/mol. The standard InChI is InChI=1S/C21H23N5/c1-2-5-17(6-3-1)19-9-13-26(16-19)14-12-24-21-23-11-8-20(25-21)18-7-4-10-22-15-18/h1-8,10-11,15,19H,9,12-14,16H2,(H,23,24,25). The Labute approximate surface area is 154 Å². The summed E-state index contributed by atoms with van der Waals surface area (Å²) in [6.45, 7) is 4.13. The Morgan fingerprint density at radius 1 is 1.04 bits per heavy atom. The molecular formula is C21H23N5. The summed E-state index contributed by atoms with van der Waals surface area (Å²) in [4.78, 5) is 15.6. The number of aromatic nitrogens is 3. The Morgan fingerprint density at radius 2 is 1.96 bits per heavy atom. The van der Waals surface area contributed by atoms with Gasteiger partial charge in [0.2, 0.25) is 5.95 Å². The largest absolute Gasteiger partial charge is 0.353 e. The Hall–Kier alpha value is -2.79. The van der Waals surface area contributed by atoms with Gasteiger partial charge in [0.1, 0.15) is 0 Å². The van der Waals surface area contributed by atoms with Crippen LogP contribution >= 0.6 is 0 Å². The van der Waals surface area contributed by atoms with E-state index in [1.807, 2.05) is 24.4 Å². The van der Waals surface area contributed by atoms with Crippen LogP contribution in [0.15, 0.2) is 67.1 Å². The lowest BCUT2D eigenvalue weighted by atomic mass is 9.99. The van der Waals surface area contributed by atoms with Crippen molar-refractivity contribution in [1.29, 1.82) is 0 Å². The molecule has 0 bridgehead atoms. The molecule has 0 radical (unpaired) electrons. The first kappa shape index (κ1) is 16.7. The molecule has 0 saturated carbocycles. The van der Waals surface area contributed by atoms with Gasteiger partial charge in [-0.05, 0) is 42.6 Å². The van der Waals surface area contributed by atoms with Gasteiger partial charge in [0.25, 0.3) is 0 Å². The van der Waals surface area contributed by atoms with Crippen LogP contribution in [-0.2, 0) is 0 Å². The number of hydrogen-bond acceptors (Lipinski definition) is 5.